The van der Waals surface area contributed by atoms with Gasteiger partial charge in [-0.3, -0.25) is 4.98 Å². The highest BCUT2D eigenvalue weighted by molar-refractivity contribution is 6.31. The molecule has 0 bridgehead atoms. The molecule has 0 aliphatic heterocycles. The standard InChI is InChI=1S/C14H12ClN3/c1-10-4-5-17-8-12(10)9-18-13-2-3-14(15)11(6-13)7-16/h2-6,8,18H,9H2,1H3. The minimum absolute atomic E-state index is 0.473. The molecule has 0 atom stereocenters. The van der Waals surface area contributed by atoms with Crippen LogP contribution >= 0.6 is 11.6 Å². The molecule has 0 aliphatic carbocycles. The fourth-order valence-electron chi connectivity index (χ4n) is 1.60. The number of aromatic nitrogens is 1. The van der Waals surface area contributed by atoms with Crippen LogP contribution in [0.5, 0.6) is 0 Å². The molecule has 1 aromatic heterocycles. The summed E-state index contributed by atoms with van der Waals surface area (Å²) >= 11 is 5.88. The number of rotatable bonds is 3. The first kappa shape index (κ1) is 12.4. The molecule has 90 valence electrons. The first-order valence-electron chi connectivity index (χ1n) is 5.53. The SMILES string of the molecule is Cc1ccncc1CNc1ccc(Cl)c(C#N)c1. The molecule has 0 aliphatic rings. The summed E-state index contributed by atoms with van der Waals surface area (Å²) in [5.74, 6) is 0. The summed E-state index contributed by atoms with van der Waals surface area (Å²) in [5, 5.41) is 12.6. The molecular weight excluding hydrogens is 246 g/mol. The maximum atomic E-state index is 8.90. The van der Waals surface area contributed by atoms with Gasteiger partial charge in [0.2, 0.25) is 0 Å². The van der Waals surface area contributed by atoms with E-state index in [1.807, 2.05) is 25.3 Å². The number of anilines is 1. The summed E-state index contributed by atoms with van der Waals surface area (Å²) in [6, 6.07) is 9.35. The number of hydrogen-bond acceptors (Lipinski definition) is 3. The highest BCUT2D eigenvalue weighted by atomic mass is 35.5. The van der Waals surface area contributed by atoms with E-state index in [4.69, 9.17) is 16.9 Å². The normalized spacial score (nSPS) is 9.83. The number of nitrogens with zero attached hydrogens (tertiary/aromatic N) is 2. The minimum atomic E-state index is 0.473. The zero-order valence-corrected chi connectivity index (χ0v) is 10.7. The van der Waals surface area contributed by atoms with Crippen molar-refractivity contribution in [2.45, 2.75) is 13.5 Å². The van der Waals surface area contributed by atoms with Gasteiger partial charge in [0, 0.05) is 24.6 Å². The number of hydrogen-bond donors (Lipinski definition) is 1. The van der Waals surface area contributed by atoms with Gasteiger partial charge in [-0.1, -0.05) is 11.6 Å². The Morgan fingerprint density at radius 2 is 2.22 bits per heavy atom. The predicted octanol–water partition coefficient (Wildman–Crippen LogP) is 3.53. The Morgan fingerprint density at radius 3 is 2.94 bits per heavy atom. The molecule has 0 saturated heterocycles. The third kappa shape index (κ3) is 2.79. The summed E-state index contributed by atoms with van der Waals surface area (Å²) in [6.45, 7) is 2.72. The van der Waals surface area contributed by atoms with Crippen LogP contribution in [-0.2, 0) is 6.54 Å². The number of aryl methyl sites for hydroxylation is 1. The number of nitriles is 1. The van der Waals surface area contributed by atoms with E-state index in [2.05, 4.69) is 16.4 Å². The first-order chi connectivity index (χ1) is 8.70. The van der Waals surface area contributed by atoms with E-state index in [1.165, 1.54) is 5.56 Å². The molecule has 0 amide bonds. The van der Waals surface area contributed by atoms with Crippen molar-refractivity contribution in [1.29, 1.82) is 5.26 Å². The van der Waals surface area contributed by atoms with Crippen LogP contribution in [0, 0.1) is 18.3 Å². The third-order valence-electron chi connectivity index (χ3n) is 2.72. The summed E-state index contributed by atoms with van der Waals surface area (Å²) in [7, 11) is 0. The lowest BCUT2D eigenvalue weighted by molar-refractivity contribution is 1.08. The van der Waals surface area contributed by atoms with Gasteiger partial charge in [-0.15, -0.1) is 0 Å². The smallest absolute Gasteiger partial charge is 0.101 e. The quantitative estimate of drug-likeness (QED) is 0.915. The van der Waals surface area contributed by atoms with Gasteiger partial charge < -0.3 is 5.32 Å². The number of benzene rings is 1. The topological polar surface area (TPSA) is 48.7 Å². The van der Waals surface area contributed by atoms with Gasteiger partial charge in [0.15, 0.2) is 0 Å². The van der Waals surface area contributed by atoms with Gasteiger partial charge >= 0.3 is 0 Å². The first-order valence-corrected chi connectivity index (χ1v) is 5.91. The van der Waals surface area contributed by atoms with Gasteiger partial charge in [-0.2, -0.15) is 5.26 Å². The third-order valence-corrected chi connectivity index (χ3v) is 3.05. The van der Waals surface area contributed by atoms with E-state index >= 15 is 0 Å². The van der Waals surface area contributed by atoms with Crippen LogP contribution in [0.4, 0.5) is 5.69 Å². The molecule has 0 spiro atoms. The summed E-state index contributed by atoms with van der Waals surface area (Å²) < 4.78 is 0. The van der Waals surface area contributed by atoms with Gasteiger partial charge in [0.1, 0.15) is 6.07 Å². The fraction of sp³-hybridized carbons (Fsp3) is 0.143. The van der Waals surface area contributed by atoms with Gasteiger partial charge in [0.05, 0.1) is 10.6 Å². The van der Waals surface area contributed by atoms with Crippen LogP contribution in [0.3, 0.4) is 0 Å². The molecule has 0 fully saturated rings. The summed E-state index contributed by atoms with van der Waals surface area (Å²) in [5.41, 5.74) is 3.67. The molecule has 4 heteroatoms. The van der Waals surface area contributed by atoms with Crippen molar-refractivity contribution < 1.29 is 0 Å². The molecule has 18 heavy (non-hydrogen) atoms. The average molecular weight is 258 g/mol. The van der Waals surface area contributed by atoms with E-state index in [-0.39, 0.29) is 0 Å². The molecule has 3 nitrogen and oxygen atoms in total. The second kappa shape index (κ2) is 5.52. The maximum absolute atomic E-state index is 8.90. The van der Waals surface area contributed by atoms with Gasteiger partial charge in [-0.25, -0.2) is 0 Å². The molecular formula is C14H12ClN3. The molecule has 1 aromatic carbocycles. The lowest BCUT2D eigenvalue weighted by Gasteiger charge is -2.09. The largest absolute Gasteiger partial charge is 0.381 e. The van der Waals surface area contributed by atoms with Crippen molar-refractivity contribution in [2.24, 2.45) is 0 Å². The maximum Gasteiger partial charge on any atom is 0.101 e. The van der Waals surface area contributed by atoms with Crippen molar-refractivity contribution >= 4 is 17.3 Å². The van der Waals surface area contributed by atoms with E-state index in [0.29, 0.717) is 17.1 Å². The molecule has 1 N–H and O–H groups in total. The van der Waals surface area contributed by atoms with Crippen LogP contribution in [0.2, 0.25) is 5.02 Å². The Labute approximate surface area is 111 Å². The van der Waals surface area contributed by atoms with Crippen molar-refractivity contribution in [1.82, 2.24) is 4.98 Å². The Bertz CT molecular complexity index is 602. The predicted molar refractivity (Wildman–Crippen MR) is 72.5 cm³/mol. The lowest BCUT2D eigenvalue weighted by Crippen LogP contribution is -2.02. The summed E-state index contributed by atoms with van der Waals surface area (Å²) in [4.78, 5) is 4.09. The zero-order valence-electron chi connectivity index (χ0n) is 9.94. The van der Waals surface area contributed by atoms with Crippen molar-refractivity contribution in [3.63, 3.8) is 0 Å². The molecule has 2 rings (SSSR count). The summed E-state index contributed by atoms with van der Waals surface area (Å²) in [6.07, 6.45) is 3.61. The van der Waals surface area contributed by atoms with Crippen LogP contribution in [0.25, 0.3) is 0 Å². The van der Waals surface area contributed by atoms with Crippen LogP contribution in [-0.4, -0.2) is 4.98 Å². The van der Waals surface area contributed by atoms with E-state index in [0.717, 1.165) is 11.3 Å². The second-order valence-electron chi connectivity index (χ2n) is 3.96. The molecule has 0 saturated carbocycles. The molecule has 0 radical (unpaired) electrons. The van der Waals surface area contributed by atoms with E-state index in [1.54, 1.807) is 18.3 Å². The number of nitrogens with one attached hydrogen (secondary N) is 1. The highest BCUT2D eigenvalue weighted by Crippen LogP contribution is 2.20. The fourth-order valence-corrected chi connectivity index (χ4v) is 1.76. The van der Waals surface area contributed by atoms with Crippen LogP contribution in [0.1, 0.15) is 16.7 Å². The number of halogens is 1. The Kier molecular flexibility index (Phi) is 3.81. The molecule has 1 heterocycles. The van der Waals surface area contributed by atoms with Crippen molar-refractivity contribution in [3.05, 3.63) is 58.4 Å². The Morgan fingerprint density at radius 1 is 1.39 bits per heavy atom. The van der Waals surface area contributed by atoms with Crippen LogP contribution < -0.4 is 5.32 Å². The Hall–Kier alpha value is -2.05. The van der Waals surface area contributed by atoms with Crippen molar-refractivity contribution in [2.75, 3.05) is 5.32 Å². The zero-order chi connectivity index (χ0) is 13.0. The molecule has 0 unspecified atom stereocenters. The second-order valence-corrected chi connectivity index (χ2v) is 4.37. The highest BCUT2D eigenvalue weighted by Gasteiger charge is 2.02. The van der Waals surface area contributed by atoms with Gasteiger partial charge in [0.25, 0.3) is 0 Å². The van der Waals surface area contributed by atoms with Crippen LogP contribution in [0.15, 0.2) is 36.7 Å². The minimum Gasteiger partial charge on any atom is -0.381 e. The van der Waals surface area contributed by atoms with Gasteiger partial charge in [-0.05, 0) is 42.3 Å². The lowest BCUT2D eigenvalue weighted by atomic mass is 10.1. The Balaban J connectivity index is 2.12. The monoisotopic (exact) mass is 257 g/mol. The van der Waals surface area contributed by atoms with Crippen molar-refractivity contribution in [3.8, 4) is 6.07 Å². The van der Waals surface area contributed by atoms with E-state index in [9.17, 15) is 0 Å². The number of pyridine rings is 1. The average Bonchev–Trinajstić information content (AvgIpc) is 2.39. The van der Waals surface area contributed by atoms with E-state index < -0.39 is 0 Å². The molecule has 2 aromatic rings.